The van der Waals surface area contributed by atoms with E-state index in [4.69, 9.17) is 5.11 Å². The minimum atomic E-state index is -1.13. The first kappa shape index (κ1) is 18.1. The summed E-state index contributed by atoms with van der Waals surface area (Å²) < 4.78 is 14.3. The fourth-order valence-electron chi connectivity index (χ4n) is 2.61. The second-order valence-corrected chi connectivity index (χ2v) is 5.78. The van der Waals surface area contributed by atoms with Crippen LogP contribution in [0.25, 0.3) is 17.2 Å². The largest absolute Gasteiger partial charge is 0.478 e. The third-order valence-electron chi connectivity index (χ3n) is 3.92. The average Bonchev–Trinajstić information content (AvgIpc) is 2.67. The molecule has 0 bridgehead atoms. The predicted octanol–water partition coefficient (Wildman–Crippen LogP) is 4.84. The molecule has 0 aliphatic heterocycles. The third-order valence-corrected chi connectivity index (χ3v) is 3.92. The third kappa shape index (κ3) is 4.46. The van der Waals surface area contributed by atoms with E-state index in [9.17, 15) is 14.0 Å². The van der Waals surface area contributed by atoms with Gasteiger partial charge in [-0.1, -0.05) is 54.6 Å². The molecule has 0 aromatic heterocycles. The van der Waals surface area contributed by atoms with Gasteiger partial charge in [-0.25, -0.2) is 9.18 Å². The van der Waals surface area contributed by atoms with Crippen LogP contribution in [0.15, 0.2) is 78.9 Å². The van der Waals surface area contributed by atoms with Gasteiger partial charge in [-0.2, -0.15) is 0 Å². The molecule has 0 spiro atoms. The summed E-state index contributed by atoms with van der Waals surface area (Å²) in [6.45, 7) is 0. The van der Waals surface area contributed by atoms with Gasteiger partial charge >= 0.3 is 5.97 Å². The molecule has 0 unspecified atom stereocenters. The van der Waals surface area contributed by atoms with Crippen LogP contribution in [0.5, 0.6) is 0 Å². The van der Waals surface area contributed by atoms with Gasteiger partial charge in [0.2, 0.25) is 5.91 Å². The number of carboxylic acid groups (broad SMARTS) is 1. The quantitative estimate of drug-likeness (QED) is 0.639. The number of para-hydroxylation sites is 1. The van der Waals surface area contributed by atoms with Gasteiger partial charge < -0.3 is 10.4 Å². The van der Waals surface area contributed by atoms with Gasteiger partial charge in [0.25, 0.3) is 0 Å². The molecule has 0 aliphatic carbocycles. The fraction of sp³-hybridized carbons (Fsp3) is 0. The van der Waals surface area contributed by atoms with Gasteiger partial charge in [0.15, 0.2) is 0 Å². The molecule has 0 radical (unpaired) electrons. The number of hydrogen-bond acceptors (Lipinski definition) is 2. The number of rotatable bonds is 5. The molecule has 0 aliphatic rings. The second-order valence-electron chi connectivity index (χ2n) is 5.78. The summed E-state index contributed by atoms with van der Waals surface area (Å²) in [7, 11) is 0. The molecule has 3 aromatic rings. The summed E-state index contributed by atoms with van der Waals surface area (Å²) >= 11 is 0. The first-order valence-electron chi connectivity index (χ1n) is 8.21. The van der Waals surface area contributed by atoms with E-state index in [1.54, 1.807) is 24.3 Å². The van der Waals surface area contributed by atoms with Crippen molar-refractivity contribution in [1.29, 1.82) is 0 Å². The van der Waals surface area contributed by atoms with Crippen LogP contribution in [0.4, 0.5) is 10.1 Å². The van der Waals surface area contributed by atoms with Crippen LogP contribution in [-0.4, -0.2) is 17.0 Å². The number of carbonyl (C=O) groups excluding carboxylic acids is 1. The maximum absolute atomic E-state index is 14.3. The summed E-state index contributed by atoms with van der Waals surface area (Å²) in [6, 6.07) is 20.0. The second kappa shape index (κ2) is 8.10. The highest BCUT2D eigenvalue weighted by Gasteiger charge is 2.10. The van der Waals surface area contributed by atoms with Crippen LogP contribution >= 0.6 is 0 Å². The molecule has 2 N–H and O–H groups in total. The van der Waals surface area contributed by atoms with Crippen molar-refractivity contribution in [3.05, 3.63) is 95.8 Å². The maximum atomic E-state index is 14.3. The highest BCUT2D eigenvalue weighted by molar-refractivity contribution is 6.06. The Labute approximate surface area is 155 Å². The topological polar surface area (TPSA) is 66.4 Å². The Morgan fingerprint density at radius 3 is 2.33 bits per heavy atom. The van der Waals surface area contributed by atoms with Crippen molar-refractivity contribution in [3.8, 4) is 11.1 Å². The SMILES string of the molecule is O=C(/C=C/c1ccc(-c2ccccc2)c(F)c1)Nc1ccccc1C(=O)O. The summed E-state index contributed by atoms with van der Waals surface area (Å²) in [6.07, 6.45) is 2.70. The smallest absolute Gasteiger partial charge is 0.337 e. The molecule has 27 heavy (non-hydrogen) atoms. The minimum absolute atomic E-state index is 0.00231. The van der Waals surface area contributed by atoms with Crippen molar-refractivity contribution < 1.29 is 19.1 Å². The van der Waals surface area contributed by atoms with Gasteiger partial charge in [0.05, 0.1) is 11.3 Å². The average molecular weight is 361 g/mol. The zero-order valence-electron chi connectivity index (χ0n) is 14.2. The Morgan fingerprint density at radius 2 is 1.63 bits per heavy atom. The number of nitrogens with one attached hydrogen (secondary N) is 1. The number of hydrogen-bond donors (Lipinski definition) is 2. The Hall–Kier alpha value is -3.73. The lowest BCUT2D eigenvalue weighted by atomic mass is 10.0. The molecule has 0 fully saturated rings. The van der Waals surface area contributed by atoms with E-state index in [0.717, 1.165) is 5.56 Å². The van der Waals surface area contributed by atoms with E-state index in [-0.39, 0.29) is 17.1 Å². The van der Waals surface area contributed by atoms with E-state index < -0.39 is 11.9 Å². The van der Waals surface area contributed by atoms with Gasteiger partial charge in [-0.15, -0.1) is 0 Å². The molecular formula is C22H16FNO3. The number of benzene rings is 3. The molecule has 3 aromatic carbocycles. The van der Waals surface area contributed by atoms with Crippen LogP contribution in [0.2, 0.25) is 0 Å². The van der Waals surface area contributed by atoms with E-state index >= 15 is 0 Å². The van der Waals surface area contributed by atoms with Crippen LogP contribution in [0.3, 0.4) is 0 Å². The molecule has 0 saturated heterocycles. The molecular weight excluding hydrogens is 345 g/mol. The number of carbonyl (C=O) groups is 2. The summed E-state index contributed by atoms with van der Waals surface area (Å²) in [5, 5.41) is 11.6. The molecule has 0 saturated carbocycles. The lowest BCUT2D eigenvalue weighted by Gasteiger charge is -2.06. The fourth-order valence-corrected chi connectivity index (χ4v) is 2.61. The monoisotopic (exact) mass is 361 g/mol. The lowest BCUT2D eigenvalue weighted by molar-refractivity contribution is -0.111. The number of anilines is 1. The molecule has 3 rings (SSSR count). The van der Waals surface area contributed by atoms with Crippen molar-refractivity contribution in [2.45, 2.75) is 0 Å². The van der Waals surface area contributed by atoms with Crippen molar-refractivity contribution in [1.82, 2.24) is 0 Å². The Kier molecular flexibility index (Phi) is 5.42. The molecule has 0 heterocycles. The number of aromatic carboxylic acids is 1. The zero-order chi connectivity index (χ0) is 19.2. The summed E-state index contributed by atoms with van der Waals surface area (Å²) in [4.78, 5) is 23.2. The van der Waals surface area contributed by atoms with Gasteiger partial charge in [0.1, 0.15) is 5.82 Å². The van der Waals surface area contributed by atoms with Crippen molar-refractivity contribution in [2.24, 2.45) is 0 Å². The van der Waals surface area contributed by atoms with Gasteiger partial charge in [0, 0.05) is 11.6 Å². The zero-order valence-corrected chi connectivity index (χ0v) is 14.2. The summed E-state index contributed by atoms with van der Waals surface area (Å²) in [5.74, 6) is -2.02. The lowest BCUT2D eigenvalue weighted by Crippen LogP contribution is -2.11. The normalized spacial score (nSPS) is 10.7. The standard InChI is InChI=1S/C22H16FNO3/c23-19-14-15(10-12-17(19)16-6-2-1-3-7-16)11-13-21(25)24-20-9-5-4-8-18(20)22(26)27/h1-14H,(H,24,25)(H,26,27)/b13-11+. The van der Waals surface area contributed by atoms with E-state index in [1.807, 2.05) is 30.3 Å². The number of halogens is 1. The first-order chi connectivity index (χ1) is 13.0. The van der Waals surface area contributed by atoms with E-state index in [0.29, 0.717) is 11.1 Å². The highest BCUT2D eigenvalue weighted by Crippen LogP contribution is 2.23. The van der Waals surface area contributed by atoms with Crippen LogP contribution in [0, 0.1) is 5.82 Å². The summed E-state index contributed by atoms with van der Waals surface area (Å²) in [5.41, 5.74) is 1.97. The minimum Gasteiger partial charge on any atom is -0.478 e. The van der Waals surface area contributed by atoms with Crippen molar-refractivity contribution in [2.75, 3.05) is 5.32 Å². The van der Waals surface area contributed by atoms with Crippen molar-refractivity contribution >= 4 is 23.6 Å². The van der Waals surface area contributed by atoms with E-state index in [1.165, 1.54) is 30.4 Å². The Bertz CT molecular complexity index is 1010. The maximum Gasteiger partial charge on any atom is 0.337 e. The van der Waals surface area contributed by atoms with Crippen LogP contribution in [0.1, 0.15) is 15.9 Å². The van der Waals surface area contributed by atoms with E-state index in [2.05, 4.69) is 5.32 Å². The molecule has 1 amide bonds. The Balaban J connectivity index is 1.74. The van der Waals surface area contributed by atoms with Gasteiger partial charge in [-0.3, -0.25) is 4.79 Å². The molecule has 0 atom stereocenters. The highest BCUT2D eigenvalue weighted by atomic mass is 19.1. The first-order valence-corrected chi connectivity index (χ1v) is 8.21. The molecule has 5 heteroatoms. The van der Waals surface area contributed by atoms with Gasteiger partial charge in [-0.05, 0) is 35.4 Å². The number of amides is 1. The predicted molar refractivity (Wildman–Crippen MR) is 103 cm³/mol. The molecule has 134 valence electrons. The molecule has 4 nitrogen and oxygen atoms in total. The number of carboxylic acids is 1. The van der Waals surface area contributed by atoms with Crippen LogP contribution < -0.4 is 5.32 Å². The van der Waals surface area contributed by atoms with Crippen LogP contribution in [-0.2, 0) is 4.79 Å². The Morgan fingerprint density at radius 1 is 0.926 bits per heavy atom. The van der Waals surface area contributed by atoms with Crippen molar-refractivity contribution in [3.63, 3.8) is 0 Å².